The summed E-state index contributed by atoms with van der Waals surface area (Å²) >= 11 is 5.82. The molecular formula is C18H11ClN2O4. The molecule has 1 aliphatic rings. The number of esters is 1. The molecular weight excluding hydrogens is 344 g/mol. The maximum Gasteiger partial charge on any atom is 0.363 e. The number of non-ortho nitro benzene ring substituents is 1. The number of rotatable bonds is 4. The van der Waals surface area contributed by atoms with Gasteiger partial charge in [0.25, 0.3) is 5.69 Å². The Morgan fingerprint density at radius 2 is 1.76 bits per heavy atom. The van der Waals surface area contributed by atoms with Crippen LogP contribution in [0.4, 0.5) is 5.69 Å². The van der Waals surface area contributed by atoms with E-state index in [2.05, 4.69) is 4.99 Å². The van der Waals surface area contributed by atoms with Crippen LogP contribution >= 0.6 is 11.6 Å². The normalized spacial score (nSPS) is 15.5. The molecule has 0 amide bonds. The Labute approximate surface area is 147 Å². The molecule has 3 rings (SSSR count). The quantitative estimate of drug-likeness (QED) is 0.357. The molecule has 0 saturated heterocycles. The largest absolute Gasteiger partial charge is 0.402 e. The van der Waals surface area contributed by atoms with Crippen molar-refractivity contribution in [1.82, 2.24) is 0 Å². The summed E-state index contributed by atoms with van der Waals surface area (Å²) in [6.45, 7) is 0. The lowest BCUT2D eigenvalue weighted by Crippen LogP contribution is -2.04. The van der Waals surface area contributed by atoms with Crippen molar-refractivity contribution in [2.45, 2.75) is 0 Å². The van der Waals surface area contributed by atoms with E-state index in [-0.39, 0.29) is 17.3 Å². The van der Waals surface area contributed by atoms with Crippen LogP contribution in [-0.2, 0) is 9.53 Å². The van der Waals surface area contributed by atoms with Crippen LogP contribution in [0.25, 0.3) is 6.08 Å². The van der Waals surface area contributed by atoms with Crippen LogP contribution in [0.2, 0.25) is 5.02 Å². The number of ether oxygens (including phenoxy) is 1. The predicted molar refractivity (Wildman–Crippen MR) is 94.3 cm³/mol. The summed E-state index contributed by atoms with van der Waals surface area (Å²) in [6.07, 6.45) is 4.86. The highest BCUT2D eigenvalue weighted by Gasteiger charge is 2.23. The maximum absolute atomic E-state index is 11.8. The molecule has 0 bridgehead atoms. The molecule has 0 aliphatic carbocycles. The van der Waals surface area contributed by atoms with E-state index in [0.717, 1.165) is 5.56 Å². The van der Waals surface area contributed by atoms with E-state index < -0.39 is 10.9 Å². The SMILES string of the molecule is O=C1OC(c2ccc(Cl)cc2)=NC1=CC=Cc1ccc([N+](=O)[O-])cc1. The van der Waals surface area contributed by atoms with Gasteiger partial charge in [-0.1, -0.05) is 23.8 Å². The average Bonchev–Trinajstić information content (AvgIpc) is 2.97. The van der Waals surface area contributed by atoms with Gasteiger partial charge in [0.15, 0.2) is 5.70 Å². The van der Waals surface area contributed by atoms with Crippen molar-refractivity contribution in [2.24, 2.45) is 4.99 Å². The highest BCUT2D eigenvalue weighted by Crippen LogP contribution is 2.19. The third-order valence-electron chi connectivity index (χ3n) is 3.36. The van der Waals surface area contributed by atoms with Gasteiger partial charge in [0.05, 0.1) is 4.92 Å². The molecule has 6 nitrogen and oxygen atoms in total. The van der Waals surface area contributed by atoms with Crippen molar-refractivity contribution in [3.63, 3.8) is 0 Å². The minimum absolute atomic E-state index is 0.0204. The lowest BCUT2D eigenvalue weighted by atomic mass is 10.2. The fourth-order valence-electron chi connectivity index (χ4n) is 2.10. The Balaban J connectivity index is 1.75. The molecule has 0 atom stereocenters. The first-order chi connectivity index (χ1) is 12.0. The van der Waals surface area contributed by atoms with Gasteiger partial charge in [-0.05, 0) is 48.0 Å². The number of hydrogen-bond donors (Lipinski definition) is 0. The fourth-order valence-corrected chi connectivity index (χ4v) is 2.22. The topological polar surface area (TPSA) is 81.8 Å². The lowest BCUT2D eigenvalue weighted by Gasteiger charge is -1.98. The van der Waals surface area contributed by atoms with Gasteiger partial charge in [0.1, 0.15) is 0 Å². The van der Waals surface area contributed by atoms with E-state index in [1.54, 1.807) is 48.6 Å². The minimum atomic E-state index is -0.543. The standard InChI is InChI=1S/C18H11ClN2O4/c19-14-8-6-13(7-9-14)17-20-16(18(22)25-17)3-1-2-12-4-10-15(11-5-12)21(23)24/h1-11H. The van der Waals surface area contributed by atoms with Gasteiger partial charge >= 0.3 is 5.97 Å². The summed E-state index contributed by atoms with van der Waals surface area (Å²) < 4.78 is 5.14. The first kappa shape index (κ1) is 16.6. The molecule has 0 fully saturated rings. The van der Waals surface area contributed by atoms with Crippen LogP contribution < -0.4 is 0 Å². The van der Waals surface area contributed by atoms with Crippen molar-refractivity contribution >= 4 is 35.2 Å². The highest BCUT2D eigenvalue weighted by molar-refractivity contribution is 6.30. The number of aliphatic imine (C=N–C) groups is 1. The van der Waals surface area contributed by atoms with E-state index >= 15 is 0 Å². The number of nitro groups is 1. The maximum atomic E-state index is 11.8. The average molecular weight is 355 g/mol. The smallest absolute Gasteiger partial charge is 0.363 e. The van der Waals surface area contributed by atoms with Gasteiger partial charge in [-0.3, -0.25) is 10.1 Å². The van der Waals surface area contributed by atoms with E-state index in [1.807, 2.05) is 0 Å². The third kappa shape index (κ3) is 3.99. The zero-order valence-electron chi connectivity index (χ0n) is 12.8. The van der Waals surface area contributed by atoms with Gasteiger partial charge < -0.3 is 4.74 Å². The van der Waals surface area contributed by atoms with E-state index in [9.17, 15) is 14.9 Å². The summed E-state index contributed by atoms with van der Waals surface area (Å²) in [7, 11) is 0. The zero-order chi connectivity index (χ0) is 17.8. The molecule has 0 radical (unpaired) electrons. The highest BCUT2D eigenvalue weighted by atomic mass is 35.5. The molecule has 0 unspecified atom stereocenters. The number of hydrogen-bond acceptors (Lipinski definition) is 5. The van der Waals surface area contributed by atoms with E-state index in [0.29, 0.717) is 10.6 Å². The number of halogens is 1. The number of cyclic esters (lactones) is 1. The molecule has 1 heterocycles. The summed E-state index contributed by atoms with van der Waals surface area (Å²) in [6, 6.07) is 12.8. The Bertz CT molecular complexity index is 913. The van der Waals surface area contributed by atoms with Crippen molar-refractivity contribution in [3.8, 4) is 0 Å². The lowest BCUT2D eigenvalue weighted by molar-refractivity contribution is -0.384. The molecule has 124 valence electrons. The molecule has 7 heteroatoms. The third-order valence-corrected chi connectivity index (χ3v) is 3.61. The predicted octanol–water partition coefficient (Wildman–Crippen LogP) is 4.15. The summed E-state index contributed by atoms with van der Waals surface area (Å²) in [5.41, 5.74) is 1.60. The number of nitrogens with zero attached hydrogens (tertiary/aromatic N) is 2. The number of nitro benzene ring substituents is 1. The van der Waals surface area contributed by atoms with E-state index in [4.69, 9.17) is 16.3 Å². The number of benzene rings is 2. The Morgan fingerprint density at radius 1 is 1.08 bits per heavy atom. The number of carbonyl (C=O) groups excluding carboxylic acids is 1. The van der Waals surface area contributed by atoms with Crippen LogP contribution in [-0.4, -0.2) is 16.8 Å². The summed E-state index contributed by atoms with van der Waals surface area (Å²) in [4.78, 5) is 26.2. The van der Waals surface area contributed by atoms with Gasteiger partial charge in [-0.15, -0.1) is 0 Å². The van der Waals surface area contributed by atoms with E-state index in [1.165, 1.54) is 18.2 Å². The second kappa shape index (κ2) is 7.11. The van der Waals surface area contributed by atoms with Crippen LogP contribution in [0.1, 0.15) is 11.1 Å². The molecule has 2 aromatic carbocycles. The van der Waals surface area contributed by atoms with Gasteiger partial charge in [-0.2, -0.15) is 0 Å². The first-order valence-electron chi connectivity index (χ1n) is 7.22. The number of allylic oxidation sites excluding steroid dienone is 2. The van der Waals surface area contributed by atoms with Gasteiger partial charge in [0, 0.05) is 22.7 Å². The van der Waals surface area contributed by atoms with Crippen molar-refractivity contribution in [2.75, 3.05) is 0 Å². The summed E-state index contributed by atoms with van der Waals surface area (Å²) in [5.74, 6) is -0.324. The second-order valence-electron chi connectivity index (χ2n) is 5.07. The minimum Gasteiger partial charge on any atom is -0.402 e. The Morgan fingerprint density at radius 3 is 2.40 bits per heavy atom. The van der Waals surface area contributed by atoms with Crippen molar-refractivity contribution in [1.29, 1.82) is 0 Å². The molecule has 1 aliphatic heterocycles. The monoisotopic (exact) mass is 354 g/mol. The molecule has 0 N–H and O–H groups in total. The van der Waals surface area contributed by atoms with Crippen molar-refractivity contribution in [3.05, 3.63) is 92.6 Å². The molecule has 2 aromatic rings. The fraction of sp³-hybridized carbons (Fsp3) is 0. The molecule has 0 aromatic heterocycles. The zero-order valence-corrected chi connectivity index (χ0v) is 13.5. The van der Waals surface area contributed by atoms with Crippen LogP contribution in [0.15, 0.2) is 71.4 Å². The van der Waals surface area contributed by atoms with Gasteiger partial charge in [-0.25, -0.2) is 9.79 Å². The van der Waals surface area contributed by atoms with Crippen molar-refractivity contribution < 1.29 is 14.5 Å². The molecule has 0 spiro atoms. The summed E-state index contributed by atoms with van der Waals surface area (Å²) in [5, 5.41) is 11.2. The Kier molecular flexibility index (Phi) is 4.72. The van der Waals surface area contributed by atoms with Gasteiger partial charge in [0.2, 0.25) is 5.90 Å². The van der Waals surface area contributed by atoms with Crippen LogP contribution in [0, 0.1) is 10.1 Å². The second-order valence-corrected chi connectivity index (χ2v) is 5.51. The van der Waals surface area contributed by atoms with Crippen LogP contribution in [0.5, 0.6) is 0 Å². The first-order valence-corrected chi connectivity index (χ1v) is 7.60. The molecule has 0 saturated carbocycles. The Hall–Kier alpha value is -3.25. The number of carbonyl (C=O) groups is 1. The molecule has 25 heavy (non-hydrogen) atoms. The van der Waals surface area contributed by atoms with Crippen LogP contribution in [0.3, 0.4) is 0 Å².